The van der Waals surface area contributed by atoms with Crippen molar-refractivity contribution in [2.75, 3.05) is 0 Å². The van der Waals surface area contributed by atoms with Crippen molar-refractivity contribution in [3.63, 3.8) is 0 Å². The average Bonchev–Trinajstić information content (AvgIpc) is 2.95. The number of hydrogen-bond acceptors (Lipinski definition) is 2. The molecule has 0 bridgehead atoms. The molecule has 3 heteroatoms. The van der Waals surface area contributed by atoms with E-state index in [1.54, 1.807) is 0 Å². The molecule has 0 aromatic carbocycles. The van der Waals surface area contributed by atoms with Gasteiger partial charge in [0.25, 0.3) is 0 Å². The highest BCUT2D eigenvalue weighted by molar-refractivity contribution is 5.82. The van der Waals surface area contributed by atoms with Gasteiger partial charge in [-0.05, 0) is 39.5 Å². The van der Waals surface area contributed by atoms with Crippen LogP contribution in [0, 0.1) is 5.92 Å². The average molecular weight is 226 g/mol. The molecule has 1 rings (SSSR count). The standard InChI is InChI=1S/C13H26N2O/c1-6-10-8-11(10)14-9(3)12(16)15-13(4,5)7-2/h9-11,14H,6-8H2,1-5H3,(H,15,16). The van der Waals surface area contributed by atoms with Crippen LogP contribution in [0.4, 0.5) is 0 Å². The van der Waals surface area contributed by atoms with Crippen LogP contribution in [0.5, 0.6) is 0 Å². The van der Waals surface area contributed by atoms with Gasteiger partial charge in [0.15, 0.2) is 0 Å². The minimum Gasteiger partial charge on any atom is -0.350 e. The topological polar surface area (TPSA) is 41.1 Å². The van der Waals surface area contributed by atoms with E-state index in [9.17, 15) is 4.79 Å². The molecule has 2 N–H and O–H groups in total. The second-order valence-corrected chi connectivity index (χ2v) is 5.63. The number of carbonyl (C=O) groups is 1. The summed E-state index contributed by atoms with van der Waals surface area (Å²) >= 11 is 0. The van der Waals surface area contributed by atoms with Crippen molar-refractivity contribution < 1.29 is 4.79 Å². The molecular formula is C13H26N2O. The van der Waals surface area contributed by atoms with Gasteiger partial charge in [-0.3, -0.25) is 4.79 Å². The Morgan fingerprint density at radius 2 is 2.06 bits per heavy atom. The molecule has 3 nitrogen and oxygen atoms in total. The van der Waals surface area contributed by atoms with Gasteiger partial charge in [0, 0.05) is 11.6 Å². The summed E-state index contributed by atoms with van der Waals surface area (Å²) in [7, 11) is 0. The third kappa shape index (κ3) is 3.78. The summed E-state index contributed by atoms with van der Waals surface area (Å²) in [6.07, 6.45) is 3.39. The molecule has 3 atom stereocenters. The lowest BCUT2D eigenvalue weighted by Crippen LogP contribution is -2.51. The lowest BCUT2D eigenvalue weighted by molar-refractivity contribution is -0.124. The van der Waals surface area contributed by atoms with Gasteiger partial charge in [0.1, 0.15) is 0 Å². The van der Waals surface area contributed by atoms with Crippen molar-refractivity contribution in [2.45, 2.75) is 71.5 Å². The van der Waals surface area contributed by atoms with Gasteiger partial charge in [0.05, 0.1) is 6.04 Å². The van der Waals surface area contributed by atoms with Gasteiger partial charge < -0.3 is 10.6 Å². The minimum atomic E-state index is -0.0965. The fraction of sp³-hybridized carbons (Fsp3) is 0.923. The van der Waals surface area contributed by atoms with E-state index < -0.39 is 0 Å². The van der Waals surface area contributed by atoms with Gasteiger partial charge >= 0.3 is 0 Å². The van der Waals surface area contributed by atoms with Crippen LogP contribution in [-0.4, -0.2) is 23.5 Å². The molecule has 0 aromatic heterocycles. The molecule has 0 aliphatic heterocycles. The Bertz CT molecular complexity index is 250. The summed E-state index contributed by atoms with van der Waals surface area (Å²) in [5.74, 6) is 0.906. The predicted octanol–water partition coefficient (Wildman–Crippen LogP) is 2.07. The van der Waals surface area contributed by atoms with Crippen LogP contribution in [0.3, 0.4) is 0 Å². The van der Waals surface area contributed by atoms with Gasteiger partial charge in [-0.1, -0.05) is 20.3 Å². The molecule has 0 saturated heterocycles. The molecule has 1 aliphatic rings. The Hall–Kier alpha value is -0.570. The molecule has 0 radical (unpaired) electrons. The monoisotopic (exact) mass is 226 g/mol. The van der Waals surface area contributed by atoms with Crippen LogP contribution in [0.15, 0.2) is 0 Å². The number of nitrogens with one attached hydrogen (secondary N) is 2. The van der Waals surface area contributed by atoms with Gasteiger partial charge in [-0.2, -0.15) is 0 Å². The first-order chi connectivity index (χ1) is 7.39. The zero-order valence-corrected chi connectivity index (χ0v) is 11.3. The normalized spacial score (nSPS) is 26.3. The Morgan fingerprint density at radius 1 is 1.44 bits per heavy atom. The maximum atomic E-state index is 11.9. The van der Waals surface area contributed by atoms with Crippen molar-refractivity contribution in [3.8, 4) is 0 Å². The Balaban J connectivity index is 2.31. The maximum Gasteiger partial charge on any atom is 0.237 e. The lowest BCUT2D eigenvalue weighted by atomic mass is 10.0. The number of amides is 1. The van der Waals surface area contributed by atoms with E-state index in [1.807, 2.05) is 6.92 Å². The summed E-state index contributed by atoms with van der Waals surface area (Å²) in [5, 5.41) is 6.46. The fourth-order valence-electron chi connectivity index (χ4n) is 1.83. The maximum absolute atomic E-state index is 11.9. The van der Waals surface area contributed by atoms with E-state index in [0.29, 0.717) is 6.04 Å². The van der Waals surface area contributed by atoms with E-state index >= 15 is 0 Å². The van der Waals surface area contributed by atoms with Crippen LogP contribution in [-0.2, 0) is 4.79 Å². The van der Waals surface area contributed by atoms with Crippen LogP contribution >= 0.6 is 0 Å². The first-order valence-electron chi connectivity index (χ1n) is 6.47. The second-order valence-electron chi connectivity index (χ2n) is 5.63. The highest BCUT2D eigenvalue weighted by Crippen LogP contribution is 2.33. The van der Waals surface area contributed by atoms with Crippen molar-refractivity contribution in [1.29, 1.82) is 0 Å². The predicted molar refractivity (Wildman–Crippen MR) is 67.3 cm³/mol. The van der Waals surface area contributed by atoms with Crippen LogP contribution < -0.4 is 10.6 Å². The summed E-state index contributed by atoms with van der Waals surface area (Å²) in [6.45, 7) is 10.4. The van der Waals surface area contributed by atoms with Crippen molar-refractivity contribution in [1.82, 2.24) is 10.6 Å². The van der Waals surface area contributed by atoms with Gasteiger partial charge in [0.2, 0.25) is 5.91 Å². The third-order valence-corrected chi connectivity index (χ3v) is 3.65. The molecule has 3 unspecified atom stereocenters. The molecular weight excluding hydrogens is 200 g/mol. The Labute approximate surface area is 99.4 Å². The molecule has 16 heavy (non-hydrogen) atoms. The van der Waals surface area contributed by atoms with Gasteiger partial charge in [-0.15, -0.1) is 0 Å². The zero-order chi connectivity index (χ0) is 12.3. The molecule has 1 aliphatic carbocycles. The van der Waals surface area contributed by atoms with Crippen LogP contribution in [0.1, 0.15) is 53.9 Å². The smallest absolute Gasteiger partial charge is 0.237 e. The fourth-order valence-corrected chi connectivity index (χ4v) is 1.83. The molecule has 94 valence electrons. The quantitative estimate of drug-likeness (QED) is 0.728. The largest absolute Gasteiger partial charge is 0.350 e. The third-order valence-electron chi connectivity index (χ3n) is 3.65. The molecule has 0 aromatic rings. The van der Waals surface area contributed by atoms with E-state index in [2.05, 4.69) is 38.3 Å². The summed E-state index contributed by atoms with van der Waals surface area (Å²) < 4.78 is 0. The Kier molecular flexibility index (Phi) is 4.36. The number of hydrogen-bond donors (Lipinski definition) is 2. The minimum absolute atomic E-state index is 0.0765. The SMILES string of the molecule is CCC1CC1NC(C)C(=O)NC(C)(C)CC. The van der Waals surface area contributed by atoms with Crippen molar-refractivity contribution in [2.24, 2.45) is 5.92 Å². The van der Waals surface area contributed by atoms with Crippen molar-refractivity contribution in [3.05, 3.63) is 0 Å². The molecule has 1 saturated carbocycles. The van der Waals surface area contributed by atoms with E-state index in [4.69, 9.17) is 0 Å². The highest BCUT2D eigenvalue weighted by Gasteiger charge is 2.37. The van der Waals surface area contributed by atoms with Crippen LogP contribution in [0.2, 0.25) is 0 Å². The first kappa shape index (κ1) is 13.5. The lowest BCUT2D eigenvalue weighted by Gasteiger charge is -2.26. The Morgan fingerprint density at radius 3 is 2.50 bits per heavy atom. The summed E-state index contributed by atoms with van der Waals surface area (Å²) in [5.41, 5.74) is -0.0965. The second kappa shape index (κ2) is 5.17. The first-order valence-corrected chi connectivity index (χ1v) is 6.47. The summed E-state index contributed by atoms with van der Waals surface area (Å²) in [6, 6.07) is 0.489. The molecule has 1 fully saturated rings. The van der Waals surface area contributed by atoms with E-state index in [-0.39, 0.29) is 17.5 Å². The zero-order valence-electron chi connectivity index (χ0n) is 11.3. The van der Waals surface area contributed by atoms with E-state index in [0.717, 1.165) is 12.3 Å². The van der Waals surface area contributed by atoms with Gasteiger partial charge in [-0.25, -0.2) is 0 Å². The number of carbonyl (C=O) groups excluding carboxylic acids is 1. The van der Waals surface area contributed by atoms with Crippen molar-refractivity contribution >= 4 is 5.91 Å². The summed E-state index contributed by atoms with van der Waals surface area (Å²) in [4.78, 5) is 11.9. The highest BCUT2D eigenvalue weighted by atomic mass is 16.2. The van der Waals surface area contributed by atoms with Crippen LogP contribution in [0.25, 0.3) is 0 Å². The molecule has 1 amide bonds. The molecule has 0 spiro atoms. The molecule has 0 heterocycles. The van der Waals surface area contributed by atoms with E-state index in [1.165, 1.54) is 12.8 Å². The number of rotatable bonds is 6.